The van der Waals surface area contributed by atoms with Crippen LogP contribution in [0.2, 0.25) is 0 Å². The summed E-state index contributed by atoms with van der Waals surface area (Å²) in [5.74, 6) is -1.23. The fourth-order valence-corrected chi connectivity index (χ4v) is 2.52. The van der Waals surface area contributed by atoms with Gasteiger partial charge in [0.1, 0.15) is 0 Å². The first kappa shape index (κ1) is 17.5. The van der Waals surface area contributed by atoms with Gasteiger partial charge < -0.3 is 9.47 Å². The Labute approximate surface area is 141 Å². The van der Waals surface area contributed by atoms with E-state index in [9.17, 15) is 9.59 Å². The second kappa shape index (κ2) is 7.59. The Morgan fingerprint density at radius 1 is 1.00 bits per heavy atom. The minimum atomic E-state index is -1.56. The summed E-state index contributed by atoms with van der Waals surface area (Å²) in [7, 11) is 1.27. The van der Waals surface area contributed by atoms with Crippen LogP contribution in [0.3, 0.4) is 0 Å². The second-order valence-electron chi connectivity index (χ2n) is 5.57. The molecule has 0 aliphatic heterocycles. The Morgan fingerprint density at radius 3 is 2.04 bits per heavy atom. The van der Waals surface area contributed by atoms with E-state index in [-0.39, 0.29) is 6.42 Å². The zero-order chi connectivity index (χ0) is 17.6. The fraction of sp³-hybridized carbons (Fsp3) is 0.200. The second-order valence-corrected chi connectivity index (χ2v) is 5.57. The van der Waals surface area contributed by atoms with Gasteiger partial charge in [0, 0.05) is 12.0 Å². The van der Waals surface area contributed by atoms with Gasteiger partial charge in [0.25, 0.3) is 0 Å². The van der Waals surface area contributed by atoms with Crippen LogP contribution in [0, 0.1) is 0 Å². The van der Waals surface area contributed by atoms with Gasteiger partial charge >= 0.3 is 11.9 Å². The molecule has 2 rings (SSSR count). The van der Waals surface area contributed by atoms with E-state index in [1.54, 1.807) is 61.5 Å². The van der Waals surface area contributed by atoms with Gasteiger partial charge in [-0.15, -0.1) is 0 Å². The highest BCUT2D eigenvalue weighted by Crippen LogP contribution is 2.34. The molecule has 0 aromatic heterocycles. The maximum atomic E-state index is 12.6. The van der Waals surface area contributed by atoms with Crippen LogP contribution in [0.5, 0.6) is 0 Å². The monoisotopic (exact) mass is 324 g/mol. The van der Waals surface area contributed by atoms with E-state index in [1.165, 1.54) is 7.11 Å². The van der Waals surface area contributed by atoms with Crippen LogP contribution in [0.4, 0.5) is 0 Å². The van der Waals surface area contributed by atoms with Crippen LogP contribution >= 0.6 is 0 Å². The summed E-state index contributed by atoms with van der Waals surface area (Å²) in [5.41, 5.74) is 0.0482. The third-order valence-electron chi connectivity index (χ3n) is 3.58. The Kier molecular flexibility index (Phi) is 5.53. The van der Waals surface area contributed by atoms with Crippen molar-refractivity contribution >= 4 is 11.9 Å². The van der Waals surface area contributed by atoms with Crippen molar-refractivity contribution in [2.45, 2.75) is 18.9 Å². The number of carbonyl (C=O) groups excluding carboxylic acids is 2. The summed E-state index contributed by atoms with van der Waals surface area (Å²) in [6, 6.07) is 17.4. The SMILES string of the molecule is C=C(C)CC(OC(=O)c1ccccc1)(C(=O)OC)c1ccccc1. The molecule has 0 aliphatic rings. The molecule has 0 heterocycles. The van der Waals surface area contributed by atoms with E-state index in [1.807, 2.05) is 6.07 Å². The van der Waals surface area contributed by atoms with Gasteiger partial charge in [-0.3, -0.25) is 0 Å². The van der Waals surface area contributed by atoms with Crippen molar-refractivity contribution < 1.29 is 19.1 Å². The quantitative estimate of drug-likeness (QED) is 0.598. The Bertz CT molecular complexity index is 722. The molecule has 0 N–H and O–H groups in total. The van der Waals surface area contributed by atoms with E-state index >= 15 is 0 Å². The van der Waals surface area contributed by atoms with Crippen molar-refractivity contribution in [3.63, 3.8) is 0 Å². The van der Waals surface area contributed by atoms with Crippen LogP contribution in [0.25, 0.3) is 0 Å². The Morgan fingerprint density at radius 2 is 1.54 bits per heavy atom. The number of methoxy groups -OCH3 is 1. The number of carbonyl (C=O) groups is 2. The van der Waals surface area contributed by atoms with Crippen LogP contribution in [0.1, 0.15) is 29.3 Å². The van der Waals surface area contributed by atoms with Crippen molar-refractivity contribution in [2.75, 3.05) is 7.11 Å². The molecular formula is C20H20O4. The molecule has 2 aromatic carbocycles. The topological polar surface area (TPSA) is 52.6 Å². The van der Waals surface area contributed by atoms with Crippen LogP contribution in [0.15, 0.2) is 72.8 Å². The van der Waals surface area contributed by atoms with Gasteiger partial charge in [0.05, 0.1) is 12.7 Å². The molecule has 2 aromatic rings. The van der Waals surface area contributed by atoms with Crippen LogP contribution in [-0.2, 0) is 19.9 Å². The highest BCUT2D eigenvalue weighted by atomic mass is 16.6. The summed E-state index contributed by atoms with van der Waals surface area (Å²) in [4.78, 5) is 25.2. The minimum absolute atomic E-state index is 0.141. The smallest absolute Gasteiger partial charge is 0.355 e. The van der Waals surface area contributed by atoms with Gasteiger partial charge in [-0.05, 0) is 19.1 Å². The van der Waals surface area contributed by atoms with Gasteiger partial charge in [-0.1, -0.05) is 60.7 Å². The molecule has 0 spiro atoms. The molecule has 0 bridgehead atoms. The molecule has 1 unspecified atom stereocenters. The van der Waals surface area contributed by atoms with E-state index in [0.717, 1.165) is 0 Å². The number of esters is 2. The summed E-state index contributed by atoms with van der Waals surface area (Å²) >= 11 is 0. The van der Waals surface area contributed by atoms with Crippen molar-refractivity contribution in [1.82, 2.24) is 0 Å². The van der Waals surface area contributed by atoms with Gasteiger partial charge in [-0.2, -0.15) is 0 Å². The average Bonchev–Trinajstić information content (AvgIpc) is 2.61. The predicted octanol–water partition coefficient (Wildman–Crippen LogP) is 3.88. The lowest BCUT2D eigenvalue weighted by atomic mass is 9.87. The van der Waals surface area contributed by atoms with Gasteiger partial charge in [-0.25, -0.2) is 9.59 Å². The molecule has 0 amide bonds. The standard InChI is InChI=1S/C20H20O4/c1-15(2)14-20(19(22)23-3,17-12-8-5-9-13-17)24-18(21)16-10-6-4-7-11-16/h4-13H,1,14H2,2-3H3. The van der Waals surface area contributed by atoms with Gasteiger partial charge in [0.2, 0.25) is 5.60 Å². The first-order valence-electron chi connectivity index (χ1n) is 7.56. The van der Waals surface area contributed by atoms with Crippen molar-refractivity contribution in [3.8, 4) is 0 Å². The third kappa shape index (κ3) is 3.71. The molecule has 1 atom stereocenters. The van der Waals surface area contributed by atoms with Crippen molar-refractivity contribution in [2.24, 2.45) is 0 Å². The molecule has 24 heavy (non-hydrogen) atoms. The zero-order valence-electron chi connectivity index (χ0n) is 13.8. The molecular weight excluding hydrogens is 304 g/mol. The van der Waals surface area contributed by atoms with Crippen molar-refractivity contribution in [3.05, 3.63) is 83.9 Å². The van der Waals surface area contributed by atoms with Crippen LogP contribution in [-0.4, -0.2) is 19.0 Å². The summed E-state index contributed by atoms with van der Waals surface area (Å²) in [6.07, 6.45) is 0.141. The van der Waals surface area contributed by atoms with E-state index in [2.05, 4.69) is 6.58 Å². The molecule has 124 valence electrons. The number of hydrogen-bond donors (Lipinski definition) is 0. The number of benzene rings is 2. The molecule has 0 saturated heterocycles. The highest BCUT2D eigenvalue weighted by molar-refractivity contribution is 5.93. The first-order chi connectivity index (χ1) is 11.5. The van der Waals surface area contributed by atoms with Gasteiger partial charge in [0.15, 0.2) is 0 Å². The Hall–Kier alpha value is -2.88. The number of ether oxygens (including phenoxy) is 2. The maximum Gasteiger partial charge on any atom is 0.355 e. The summed E-state index contributed by atoms with van der Waals surface area (Å²) < 4.78 is 10.6. The molecule has 0 fully saturated rings. The third-order valence-corrected chi connectivity index (χ3v) is 3.58. The molecule has 0 saturated carbocycles. The minimum Gasteiger partial charge on any atom is -0.466 e. The van der Waals surface area contributed by atoms with E-state index in [0.29, 0.717) is 16.7 Å². The predicted molar refractivity (Wildman–Crippen MR) is 91.4 cm³/mol. The molecule has 0 radical (unpaired) electrons. The lowest BCUT2D eigenvalue weighted by molar-refractivity contribution is -0.164. The number of hydrogen-bond acceptors (Lipinski definition) is 4. The van der Waals surface area contributed by atoms with Crippen molar-refractivity contribution in [1.29, 1.82) is 0 Å². The number of rotatable bonds is 6. The molecule has 0 aliphatic carbocycles. The largest absolute Gasteiger partial charge is 0.466 e. The fourth-order valence-electron chi connectivity index (χ4n) is 2.52. The van der Waals surface area contributed by atoms with E-state index in [4.69, 9.17) is 9.47 Å². The summed E-state index contributed by atoms with van der Waals surface area (Å²) in [6.45, 7) is 5.64. The normalized spacial score (nSPS) is 12.8. The molecule has 4 nitrogen and oxygen atoms in total. The lowest BCUT2D eigenvalue weighted by Crippen LogP contribution is -2.42. The highest BCUT2D eigenvalue weighted by Gasteiger charge is 2.45. The van der Waals surface area contributed by atoms with E-state index < -0.39 is 17.5 Å². The molecule has 4 heteroatoms. The Balaban J connectivity index is 2.50. The maximum absolute atomic E-state index is 12.6. The lowest BCUT2D eigenvalue weighted by Gasteiger charge is -2.31. The average molecular weight is 324 g/mol. The summed E-state index contributed by atoms with van der Waals surface area (Å²) in [5, 5.41) is 0. The first-order valence-corrected chi connectivity index (χ1v) is 7.56. The van der Waals surface area contributed by atoms with Crippen LogP contribution < -0.4 is 0 Å². The zero-order valence-corrected chi connectivity index (χ0v) is 13.8.